The molecule has 1 aromatic heterocycles. The first kappa shape index (κ1) is 19.8. The molecule has 2 N–H and O–H groups in total. The van der Waals surface area contributed by atoms with Crippen LogP contribution in [0.15, 0.2) is 36.5 Å². The molecule has 0 unspecified atom stereocenters. The highest BCUT2D eigenvalue weighted by Gasteiger charge is 2.34. The van der Waals surface area contributed by atoms with Gasteiger partial charge in [-0.25, -0.2) is 4.98 Å². The number of hydrogen-bond acceptors (Lipinski definition) is 4. The molecule has 0 spiro atoms. The lowest BCUT2D eigenvalue weighted by Crippen LogP contribution is -2.31. The molecular weight excluding hydrogens is 367 g/mol. The van der Waals surface area contributed by atoms with Crippen LogP contribution in [0, 0.1) is 0 Å². The van der Waals surface area contributed by atoms with Crippen LogP contribution in [0.5, 0.6) is 11.5 Å². The Bertz CT molecular complexity index is 769. The number of thiocarbonyl (C=S) groups is 1. The lowest BCUT2D eigenvalue weighted by molar-refractivity contribution is -0.137. The molecule has 5 nitrogen and oxygen atoms in total. The van der Waals surface area contributed by atoms with Gasteiger partial charge in [0.2, 0.25) is 0 Å². The summed E-state index contributed by atoms with van der Waals surface area (Å²) in [5, 5.41) is 5.41. The first-order valence-corrected chi connectivity index (χ1v) is 8.04. The van der Waals surface area contributed by atoms with Gasteiger partial charge in [-0.1, -0.05) is 6.07 Å². The summed E-state index contributed by atoms with van der Waals surface area (Å²) in [5.41, 5.74) is 0.0402. The second-order valence-corrected chi connectivity index (χ2v) is 5.61. The van der Waals surface area contributed by atoms with Crippen LogP contribution in [-0.4, -0.2) is 30.9 Å². The van der Waals surface area contributed by atoms with Gasteiger partial charge in [0.1, 0.15) is 17.3 Å². The maximum Gasteiger partial charge on any atom is 0.419 e. The van der Waals surface area contributed by atoms with Crippen molar-refractivity contribution in [3.05, 3.63) is 47.7 Å². The standard InChI is InChI=1S/C17H18F3N3O2S/c1-24-12-6-5-11(14(10-12)25-2)7-9-22-16(26)23-15-13(17(18,19)20)4-3-8-21-15/h3-6,8,10H,7,9H2,1-2H3,(H2,21,22,23,26). The Morgan fingerprint density at radius 1 is 1.19 bits per heavy atom. The number of anilines is 1. The van der Waals surface area contributed by atoms with Gasteiger partial charge < -0.3 is 20.1 Å². The smallest absolute Gasteiger partial charge is 0.419 e. The Hall–Kier alpha value is -2.55. The first-order chi connectivity index (χ1) is 12.3. The van der Waals surface area contributed by atoms with Crippen LogP contribution in [0.3, 0.4) is 0 Å². The van der Waals surface area contributed by atoms with Crippen molar-refractivity contribution < 1.29 is 22.6 Å². The minimum atomic E-state index is -4.51. The van der Waals surface area contributed by atoms with Gasteiger partial charge in [0.25, 0.3) is 0 Å². The zero-order valence-corrected chi connectivity index (χ0v) is 15.0. The molecule has 0 amide bonds. The monoisotopic (exact) mass is 385 g/mol. The maximum atomic E-state index is 12.9. The van der Waals surface area contributed by atoms with E-state index in [4.69, 9.17) is 21.7 Å². The number of nitrogens with one attached hydrogen (secondary N) is 2. The minimum absolute atomic E-state index is 0.0571. The number of halogens is 3. The molecule has 0 aliphatic heterocycles. The molecule has 1 heterocycles. The van der Waals surface area contributed by atoms with E-state index < -0.39 is 11.7 Å². The quantitative estimate of drug-likeness (QED) is 0.741. The summed E-state index contributed by atoms with van der Waals surface area (Å²) in [4.78, 5) is 3.71. The molecule has 0 aliphatic carbocycles. The highest BCUT2D eigenvalue weighted by atomic mass is 32.1. The van der Waals surface area contributed by atoms with E-state index in [1.54, 1.807) is 26.4 Å². The van der Waals surface area contributed by atoms with E-state index in [1.165, 1.54) is 12.3 Å². The number of methoxy groups -OCH3 is 2. The number of rotatable bonds is 6. The third kappa shape index (κ3) is 5.22. The molecule has 1 aromatic carbocycles. The number of pyridine rings is 1. The Morgan fingerprint density at radius 2 is 1.96 bits per heavy atom. The Balaban J connectivity index is 1.95. The van der Waals surface area contributed by atoms with Crippen molar-refractivity contribution in [3.8, 4) is 11.5 Å². The molecule has 2 rings (SSSR count). The van der Waals surface area contributed by atoms with E-state index >= 15 is 0 Å². The van der Waals surface area contributed by atoms with Crippen LogP contribution in [0.2, 0.25) is 0 Å². The summed E-state index contributed by atoms with van der Waals surface area (Å²) < 4.78 is 49.3. The van der Waals surface area contributed by atoms with Gasteiger partial charge in [-0.05, 0) is 42.4 Å². The Kier molecular flexibility index (Phi) is 6.62. The summed E-state index contributed by atoms with van der Waals surface area (Å²) in [5.74, 6) is 0.999. The van der Waals surface area contributed by atoms with E-state index in [9.17, 15) is 13.2 Å². The molecule has 0 aliphatic rings. The van der Waals surface area contributed by atoms with Gasteiger partial charge in [0.15, 0.2) is 5.11 Å². The average Bonchev–Trinajstić information content (AvgIpc) is 2.61. The van der Waals surface area contributed by atoms with Crippen molar-refractivity contribution in [2.75, 3.05) is 26.1 Å². The van der Waals surface area contributed by atoms with Gasteiger partial charge in [0, 0.05) is 18.8 Å². The lowest BCUT2D eigenvalue weighted by atomic mass is 10.1. The van der Waals surface area contributed by atoms with Crippen molar-refractivity contribution in [1.29, 1.82) is 0 Å². The zero-order valence-electron chi connectivity index (χ0n) is 14.2. The molecule has 2 aromatic rings. The van der Waals surface area contributed by atoms with Crippen LogP contribution < -0.4 is 20.1 Å². The fraction of sp³-hybridized carbons (Fsp3) is 0.294. The number of aromatic nitrogens is 1. The first-order valence-electron chi connectivity index (χ1n) is 7.63. The average molecular weight is 385 g/mol. The van der Waals surface area contributed by atoms with E-state index in [0.29, 0.717) is 24.5 Å². The summed E-state index contributed by atoms with van der Waals surface area (Å²) >= 11 is 5.05. The topological polar surface area (TPSA) is 55.4 Å². The number of nitrogens with zero attached hydrogens (tertiary/aromatic N) is 1. The molecule has 0 atom stereocenters. The van der Waals surface area contributed by atoms with Crippen LogP contribution >= 0.6 is 12.2 Å². The van der Waals surface area contributed by atoms with Crippen molar-refractivity contribution in [1.82, 2.24) is 10.3 Å². The van der Waals surface area contributed by atoms with Gasteiger partial charge in [0.05, 0.1) is 19.8 Å². The molecule has 26 heavy (non-hydrogen) atoms. The molecule has 9 heteroatoms. The van der Waals surface area contributed by atoms with Crippen molar-refractivity contribution in [3.63, 3.8) is 0 Å². The summed E-state index contributed by atoms with van der Waals surface area (Å²) in [6.07, 6.45) is -2.69. The number of hydrogen-bond donors (Lipinski definition) is 2. The predicted molar refractivity (Wildman–Crippen MR) is 96.7 cm³/mol. The van der Waals surface area contributed by atoms with Crippen LogP contribution in [0.1, 0.15) is 11.1 Å². The summed E-state index contributed by atoms with van der Waals surface area (Å²) in [7, 11) is 3.12. The third-order valence-corrected chi connectivity index (χ3v) is 3.77. The zero-order chi connectivity index (χ0) is 19.2. The summed E-state index contributed by atoms with van der Waals surface area (Å²) in [6.45, 7) is 0.405. The second-order valence-electron chi connectivity index (χ2n) is 5.21. The van der Waals surface area contributed by atoms with Crippen LogP contribution in [0.25, 0.3) is 0 Å². The molecular formula is C17H18F3N3O2S. The maximum absolute atomic E-state index is 12.9. The second kappa shape index (κ2) is 8.70. The van der Waals surface area contributed by atoms with Gasteiger partial charge in [-0.2, -0.15) is 13.2 Å². The van der Waals surface area contributed by atoms with Crippen LogP contribution in [0.4, 0.5) is 19.0 Å². The lowest BCUT2D eigenvalue weighted by Gasteiger charge is -2.15. The van der Waals surface area contributed by atoms with Gasteiger partial charge >= 0.3 is 6.18 Å². The third-order valence-electron chi connectivity index (χ3n) is 3.52. The Labute approximate surface area is 154 Å². The Morgan fingerprint density at radius 3 is 2.62 bits per heavy atom. The molecule has 0 saturated heterocycles. The largest absolute Gasteiger partial charge is 0.497 e. The predicted octanol–water partition coefficient (Wildman–Crippen LogP) is 3.65. The highest BCUT2D eigenvalue weighted by Crippen LogP contribution is 2.33. The van der Waals surface area contributed by atoms with E-state index in [0.717, 1.165) is 11.6 Å². The van der Waals surface area contributed by atoms with Gasteiger partial charge in [-0.15, -0.1) is 0 Å². The van der Waals surface area contributed by atoms with E-state index in [2.05, 4.69) is 15.6 Å². The van der Waals surface area contributed by atoms with E-state index in [-0.39, 0.29) is 10.9 Å². The van der Waals surface area contributed by atoms with Crippen molar-refractivity contribution in [2.45, 2.75) is 12.6 Å². The molecule has 0 fully saturated rings. The number of ether oxygens (including phenoxy) is 2. The SMILES string of the molecule is COc1ccc(CCNC(=S)Nc2ncccc2C(F)(F)F)c(OC)c1. The number of alkyl halides is 3. The fourth-order valence-electron chi connectivity index (χ4n) is 2.25. The van der Waals surface area contributed by atoms with Crippen LogP contribution in [-0.2, 0) is 12.6 Å². The molecule has 0 saturated carbocycles. The molecule has 0 radical (unpaired) electrons. The van der Waals surface area contributed by atoms with Gasteiger partial charge in [-0.3, -0.25) is 0 Å². The minimum Gasteiger partial charge on any atom is -0.497 e. The summed E-state index contributed by atoms with van der Waals surface area (Å²) in [6, 6.07) is 7.59. The molecule has 0 bridgehead atoms. The van der Waals surface area contributed by atoms with Crippen molar-refractivity contribution >= 4 is 23.1 Å². The molecule has 140 valence electrons. The fourth-order valence-corrected chi connectivity index (χ4v) is 2.45. The highest BCUT2D eigenvalue weighted by molar-refractivity contribution is 7.80. The van der Waals surface area contributed by atoms with Crippen molar-refractivity contribution in [2.24, 2.45) is 0 Å². The number of benzene rings is 1. The normalized spacial score (nSPS) is 11.0. The van der Waals surface area contributed by atoms with E-state index in [1.807, 2.05) is 6.07 Å².